The van der Waals surface area contributed by atoms with Crippen molar-refractivity contribution in [2.24, 2.45) is 0 Å². The van der Waals surface area contributed by atoms with Crippen LogP contribution >= 0.6 is 15.9 Å². The molecule has 0 radical (unpaired) electrons. The molecular formula is C15H13BrN2O3. The molecule has 0 aliphatic rings. The van der Waals surface area contributed by atoms with E-state index < -0.39 is 5.97 Å². The van der Waals surface area contributed by atoms with Crippen LogP contribution in [0.5, 0.6) is 0 Å². The molecule has 2 aromatic carbocycles. The van der Waals surface area contributed by atoms with E-state index in [1.807, 2.05) is 30.3 Å². The number of hydrogen-bond acceptors (Lipinski definition) is 3. The molecule has 0 aliphatic heterocycles. The molecule has 108 valence electrons. The van der Waals surface area contributed by atoms with Crippen molar-refractivity contribution in [2.45, 2.75) is 0 Å². The summed E-state index contributed by atoms with van der Waals surface area (Å²) in [5.41, 5.74) is 1.13. The van der Waals surface area contributed by atoms with Gasteiger partial charge in [0.1, 0.15) is 0 Å². The normalized spacial score (nSPS) is 9.95. The zero-order chi connectivity index (χ0) is 15.2. The smallest absolute Gasteiger partial charge is 0.337 e. The standard InChI is InChI=1S/C15H13BrN2O3/c16-10-6-7-13(12(8-10)15(20)21)18-14(19)9-17-11-4-2-1-3-5-11/h1-8,17H,9H2,(H,18,19)(H,20,21). The molecule has 0 fully saturated rings. The van der Waals surface area contributed by atoms with E-state index in [1.54, 1.807) is 12.1 Å². The van der Waals surface area contributed by atoms with Gasteiger partial charge in [0.25, 0.3) is 0 Å². The molecule has 0 spiro atoms. The molecule has 0 aromatic heterocycles. The number of halogens is 1. The van der Waals surface area contributed by atoms with Gasteiger partial charge in [-0.3, -0.25) is 4.79 Å². The van der Waals surface area contributed by atoms with Crippen LogP contribution in [0.3, 0.4) is 0 Å². The second-order valence-electron chi connectivity index (χ2n) is 4.26. The number of benzene rings is 2. The summed E-state index contributed by atoms with van der Waals surface area (Å²) in [6.45, 7) is 0.0547. The van der Waals surface area contributed by atoms with Gasteiger partial charge in [-0.05, 0) is 30.3 Å². The maximum absolute atomic E-state index is 11.9. The zero-order valence-electron chi connectivity index (χ0n) is 11.0. The van der Waals surface area contributed by atoms with Crippen LogP contribution in [0.4, 0.5) is 11.4 Å². The van der Waals surface area contributed by atoms with E-state index in [0.717, 1.165) is 5.69 Å². The molecule has 5 nitrogen and oxygen atoms in total. The summed E-state index contributed by atoms with van der Waals surface area (Å²) in [5, 5.41) is 14.7. The summed E-state index contributed by atoms with van der Waals surface area (Å²) in [6, 6.07) is 14.0. The number of para-hydroxylation sites is 1. The van der Waals surface area contributed by atoms with Crippen molar-refractivity contribution in [1.82, 2.24) is 0 Å². The first kappa shape index (κ1) is 15.1. The van der Waals surface area contributed by atoms with Crippen LogP contribution in [0, 0.1) is 0 Å². The lowest BCUT2D eigenvalue weighted by Crippen LogP contribution is -2.22. The van der Waals surface area contributed by atoms with Gasteiger partial charge in [-0.1, -0.05) is 34.1 Å². The predicted molar refractivity (Wildman–Crippen MR) is 84.7 cm³/mol. The van der Waals surface area contributed by atoms with Crippen molar-refractivity contribution in [2.75, 3.05) is 17.2 Å². The molecule has 0 saturated carbocycles. The van der Waals surface area contributed by atoms with Crippen LogP contribution in [0.25, 0.3) is 0 Å². The van der Waals surface area contributed by atoms with Crippen LogP contribution in [0.15, 0.2) is 53.0 Å². The van der Waals surface area contributed by atoms with Gasteiger partial charge in [-0.2, -0.15) is 0 Å². The number of carboxylic acid groups (broad SMARTS) is 1. The maximum atomic E-state index is 11.9. The van der Waals surface area contributed by atoms with Gasteiger partial charge in [0.05, 0.1) is 17.8 Å². The van der Waals surface area contributed by atoms with Crippen molar-refractivity contribution in [3.8, 4) is 0 Å². The van der Waals surface area contributed by atoms with Gasteiger partial charge in [-0.25, -0.2) is 4.79 Å². The molecular weight excluding hydrogens is 336 g/mol. The minimum atomic E-state index is -1.09. The molecule has 2 rings (SSSR count). The maximum Gasteiger partial charge on any atom is 0.337 e. The van der Waals surface area contributed by atoms with E-state index in [2.05, 4.69) is 26.6 Å². The Hall–Kier alpha value is -2.34. The highest BCUT2D eigenvalue weighted by Crippen LogP contribution is 2.21. The van der Waals surface area contributed by atoms with Crippen molar-refractivity contribution in [3.05, 3.63) is 58.6 Å². The third-order valence-corrected chi connectivity index (χ3v) is 3.21. The number of nitrogens with one attached hydrogen (secondary N) is 2. The number of hydrogen-bond donors (Lipinski definition) is 3. The van der Waals surface area contributed by atoms with E-state index in [4.69, 9.17) is 5.11 Å². The first-order valence-electron chi connectivity index (χ1n) is 6.18. The van der Waals surface area contributed by atoms with E-state index in [0.29, 0.717) is 4.47 Å². The Balaban J connectivity index is 2.01. The monoisotopic (exact) mass is 348 g/mol. The minimum Gasteiger partial charge on any atom is -0.478 e. The Labute approximate surface area is 130 Å². The van der Waals surface area contributed by atoms with Crippen molar-refractivity contribution in [1.29, 1.82) is 0 Å². The van der Waals surface area contributed by atoms with Gasteiger partial charge >= 0.3 is 5.97 Å². The molecule has 6 heteroatoms. The number of carboxylic acids is 1. The summed E-state index contributed by atoms with van der Waals surface area (Å²) < 4.78 is 0.639. The largest absolute Gasteiger partial charge is 0.478 e. The first-order valence-corrected chi connectivity index (χ1v) is 6.97. The number of carbonyl (C=O) groups excluding carboxylic acids is 1. The lowest BCUT2D eigenvalue weighted by Gasteiger charge is -2.10. The molecule has 0 unspecified atom stereocenters. The topological polar surface area (TPSA) is 78.4 Å². The number of amides is 1. The van der Waals surface area contributed by atoms with E-state index >= 15 is 0 Å². The molecule has 0 bridgehead atoms. The minimum absolute atomic E-state index is 0.0393. The Bertz CT molecular complexity index is 659. The van der Waals surface area contributed by atoms with Crippen LogP contribution in [-0.2, 0) is 4.79 Å². The van der Waals surface area contributed by atoms with Crippen LogP contribution in [0.1, 0.15) is 10.4 Å². The van der Waals surface area contributed by atoms with Crippen LogP contribution in [-0.4, -0.2) is 23.5 Å². The summed E-state index contributed by atoms with van der Waals surface area (Å²) in [4.78, 5) is 23.0. The second kappa shape index (κ2) is 6.90. The third kappa shape index (κ3) is 4.32. The van der Waals surface area contributed by atoms with Crippen molar-refractivity contribution >= 4 is 39.2 Å². The quantitative estimate of drug-likeness (QED) is 0.775. The van der Waals surface area contributed by atoms with Crippen molar-refractivity contribution in [3.63, 3.8) is 0 Å². The lowest BCUT2D eigenvalue weighted by molar-refractivity contribution is -0.114. The fourth-order valence-electron chi connectivity index (χ4n) is 1.74. The first-order chi connectivity index (χ1) is 10.1. The predicted octanol–water partition coefficient (Wildman–Crippen LogP) is 3.20. The van der Waals surface area contributed by atoms with E-state index in [9.17, 15) is 9.59 Å². The highest BCUT2D eigenvalue weighted by Gasteiger charge is 2.12. The van der Waals surface area contributed by atoms with Crippen molar-refractivity contribution < 1.29 is 14.7 Å². The van der Waals surface area contributed by atoms with Gasteiger partial charge in [0.15, 0.2) is 0 Å². The molecule has 0 heterocycles. The fraction of sp³-hybridized carbons (Fsp3) is 0.0667. The van der Waals surface area contributed by atoms with E-state index in [1.165, 1.54) is 6.07 Å². The molecule has 21 heavy (non-hydrogen) atoms. The molecule has 1 amide bonds. The van der Waals surface area contributed by atoms with Gasteiger partial charge < -0.3 is 15.7 Å². The molecule has 3 N–H and O–H groups in total. The number of rotatable bonds is 5. The molecule has 0 saturated heterocycles. The average molecular weight is 349 g/mol. The van der Waals surface area contributed by atoms with Crippen LogP contribution < -0.4 is 10.6 Å². The van der Waals surface area contributed by atoms with Crippen LogP contribution in [0.2, 0.25) is 0 Å². The highest BCUT2D eigenvalue weighted by molar-refractivity contribution is 9.10. The average Bonchev–Trinajstić information content (AvgIpc) is 2.48. The Morgan fingerprint density at radius 1 is 1.10 bits per heavy atom. The summed E-state index contributed by atoms with van der Waals surface area (Å²) in [6.07, 6.45) is 0. The van der Waals surface area contributed by atoms with E-state index in [-0.39, 0.29) is 23.7 Å². The third-order valence-electron chi connectivity index (χ3n) is 2.71. The number of anilines is 2. The Morgan fingerprint density at radius 2 is 1.81 bits per heavy atom. The highest BCUT2D eigenvalue weighted by atomic mass is 79.9. The second-order valence-corrected chi connectivity index (χ2v) is 5.18. The summed E-state index contributed by atoms with van der Waals surface area (Å²) in [7, 11) is 0. The molecule has 0 aliphatic carbocycles. The van der Waals surface area contributed by atoms with Gasteiger partial charge in [0, 0.05) is 10.2 Å². The zero-order valence-corrected chi connectivity index (χ0v) is 12.6. The Morgan fingerprint density at radius 3 is 2.48 bits per heavy atom. The lowest BCUT2D eigenvalue weighted by atomic mass is 10.2. The SMILES string of the molecule is O=C(CNc1ccccc1)Nc1ccc(Br)cc1C(=O)O. The van der Waals surface area contributed by atoms with Gasteiger partial charge in [0.2, 0.25) is 5.91 Å². The number of aromatic carboxylic acids is 1. The summed E-state index contributed by atoms with van der Waals surface area (Å²) in [5.74, 6) is -1.41. The fourth-order valence-corrected chi connectivity index (χ4v) is 2.10. The summed E-state index contributed by atoms with van der Waals surface area (Å²) >= 11 is 3.20. The number of carbonyl (C=O) groups is 2. The Kier molecular flexibility index (Phi) is 4.94. The molecule has 2 aromatic rings. The van der Waals surface area contributed by atoms with Gasteiger partial charge in [-0.15, -0.1) is 0 Å². The molecule has 0 atom stereocenters.